The number of hydrogen-bond donors (Lipinski definition) is 1. The molecule has 0 bridgehead atoms. The first kappa shape index (κ1) is 15.3. The first-order chi connectivity index (χ1) is 9.61. The third-order valence-electron chi connectivity index (χ3n) is 4.45. The van der Waals surface area contributed by atoms with E-state index in [0.717, 1.165) is 32.0 Å². The topological polar surface area (TPSA) is 38.5 Å². The van der Waals surface area contributed by atoms with Gasteiger partial charge in [0, 0.05) is 19.1 Å². The molecule has 0 aromatic heterocycles. The zero-order chi connectivity index (χ0) is 14.5. The third kappa shape index (κ3) is 3.74. The molecule has 0 saturated carbocycles. The third-order valence-corrected chi connectivity index (χ3v) is 4.45. The first-order valence-corrected chi connectivity index (χ1v) is 7.76. The normalized spacial score (nSPS) is 23.8. The minimum absolute atomic E-state index is 0.519. The van der Waals surface area contributed by atoms with Crippen molar-refractivity contribution in [3.8, 4) is 5.75 Å². The summed E-state index contributed by atoms with van der Waals surface area (Å²) in [5.41, 5.74) is 8.38. The van der Waals surface area contributed by atoms with Crippen molar-refractivity contribution in [3.05, 3.63) is 29.3 Å². The van der Waals surface area contributed by atoms with Crippen LogP contribution in [0, 0.1) is 19.8 Å². The Labute approximate surface area is 123 Å². The fourth-order valence-electron chi connectivity index (χ4n) is 3.13. The van der Waals surface area contributed by atoms with Gasteiger partial charge in [-0.3, -0.25) is 4.90 Å². The fourth-order valence-corrected chi connectivity index (χ4v) is 3.13. The molecule has 1 aliphatic heterocycles. The van der Waals surface area contributed by atoms with Gasteiger partial charge in [-0.1, -0.05) is 19.1 Å². The molecule has 2 N–H and O–H groups in total. The predicted molar refractivity (Wildman–Crippen MR) is 84.2 cm³/mol. The maximum Gasteiger partial charge on any atom is 0.122 e. The lowest BCUT2D eigenvalue weighted by atomic mass is 9.91. The molecule has 112 valence electrons. The molecule has 0 amide bonds. The molecule has 2 rings (SSSR count). The maximum absolute atomic E-state index is 5.97. The fraction of sp³-hybridized carbons (Fsp3) is 0.647. The van der Waals surface area contributed by atoms with Gasteiger partial charge in [-0.2, -0.15) is 0 Å². The molecular formula is C17H28N2O. The molecule has 0 spiro atoms. The number of hydrogen-bond acceptors (Lipinski definition) is 3. The van der Waals surface area contributed by atoms with E-state index in [1.165, 1.54) is 24.0 Å². The van der Waals surface area contributed by atoms with E-state index in [-0.39, 0.29) is 0 Å². The Hall–Kier alpha value is -1.06. The second-order valence-electron chi connectivity index (χ2n) is 6.08. The van der Waals surface area contributed by atoms with Crippen molar-refractivity contribution in [3.63, 3.8) is 0 Å². The summed E-state index contributed by atoms with van der Waals surface area (Å²) in [6.45, 7) is 10.1. The highest BCUT2D eigenvalue weighted by molar-refractivity contribution is 5.35. The van der Waals surface area contributed by atoms with Crippen LogP contribution in [0.15, 0.2) is 18.2 Å². The van der Waals surface area contributed by atoms with Crippen molar-refractivity contribution in [2.45, 2.75) is 39.7 Å². The lowest BCUT2D eigenvalue weighted by Crippen LogP contribution is -2.49. The van der Waals surface area contributed by atoms with Crippen molar-refractivity contribution in [2.75, 3.05) is 26.2 Å². The SMILES string of the molecule is Cc1ccc(C)c(OCCN2CCCC(C)C2CN)c1. The van der Waals surface area contributed by atoms with Crippen LogP contribution in [0.2, 0.25) is 0 Å². The van der Waals surface area contributed by atoms with E-state index in [2.05, 4.69) is 43.9 Å². The minimum Gasteiger partial charge on any atom is -0.492 e. The number of likely N-dealkylation sites (tertiary alicyclic amines) is 1. The van der Waals surface area contributed by atoms with Gasteiger partial charge in [0.1, 0.15) is 12.4 Å². The molecule has 0 radical (unpaired) electrons. The molecule has 1 aromatic rings. The lowest BCUT2D eigenvalue weighted by Gasteiger charge is -2.39. The van der Waals surface area contributed by atoms with E-state index < -0.39 is 0 Å². The average Bonchev–Trinajstić information content (AvgIpc) is 2.43. The summed E-state index contributed by atoms with van der Waals surface area (Å²) in [6.07, 6.45) is 2.58. The Morgan fingerprint density at radius 1 is 1.35 bits per heavy atom. The minimum atomic E-state index is 0.519. The summed E-state index contributed by atoms with van der Waals surface area (Å²) in [4.78, 5) is 2.50. The highest BCUT2D eigenvalue weighted by atomic mass is 16.5. The van der Waals surface area contributed by atoms with Gasteiger partial charge < -0.3 is 10.5 Å². The van der Waals surface area contributed by atoms with Crippen molar-refractivity contribution < 1.29 is 4.74 Å². The van der Waals surface area contributed by atoms with Gasteiger partial charge in [0.2, 0.25) is 0 Å². The van der Waals surface area contributed by atoms with Gasteiger partial charge in [0.05, 0.1) is 0 Å². The van der Waals surface area contributed by atoms with Crippen LogP contribution in [0.5, 0.6) is 5.75 Å². The number of ether oxygens (including phenoxy) is 1. The number of nitrogens with zero attached hydrogens (tertiary/aromatic N) is 1. The molecule has 2 atom stereocenters. The summed E-state index contributed by atoms with van der Waals surface area (Å²) in [5.74, 6) is 1.72. The average molecular weight is 276 g/mol. The van der Waals surface area contributed by atoms with Crippen molar-refractivity contribution in [1.82, 2.24) is 4.90 Å². The van der Waals surface area contributed by atoms with E-state index in [4.69, 9.17) is 10.5 Å². The molecule has 20 heavy (non-hydrogen) atoms. The monoisotopic (exact) mass is 276 g/mol. The molecule has 1 heterocycles. The zero-order valence-electron chi connectivity index (χ0n) is 13.1. The maximum atomic E-state index is 5.97. The first-order valence-electron chi connectivity index (χ1n) is 7.76. The van der Waals surface area contributed by atoms with Gasteiger partial charge in [0.15, 0.2) is 0 Å². The van der Waals surface area contributed by atoms with Gasteiger partial charge in [-0.15, -0.1) is 0 Å². The largest absolute Gasteiger partial charge is 0.492 e. The summed E-state index contributed by atoms with van der Waals surface area (Å²) >= 11 is 0. The van der Waals surface area contributed by atoms with E-state index in [1.54, 1.807) is 0 Å². The second-order valence-corrected chi connectivity index (χ2v) is 6.08. The van der Waals surface area contributed by atoms with E-state index >= 15 is 0 Å². The van der Waals surface area contributed by atoms with Crippen molar-refractivity contribution in [1.29, 1.82) is 0 Å². The van der Waals surface area contributed by atoms with Crippen LogP contribution in [0.25, 0.3) is 0 Å². The number of nitrogens with two attached hydrogens (primary N) is 1. The van der Waals surface area contributed by atoms with Crippen molar-refractivity contribution in [2.24, 2.45) is 11.7 Å². The van der Waals surface area contributed by atoms with Gasteiger partial charge in [-0.25, -0.2) is 0 Å². The highest BCUT2D eigenvalue weighted by Gasteiger charge is 2.26. The molecular weight excluding hydrogens is 248 g/mol. The second kappa shape index (κ2) is 7.09. The predicted octanol–water partition coefficient (Wildman–Crippen LogP) is 2.74. The number of rotatable bonds is 5. The number of aryl methyl sites for hydroxylation is 2. The molecule has 3 nitrogen and oxygen atoms in total. The molecule has 1 saturated heterocycles. The summed E-state index contributed by atoms with van der Waals surface area (Å²) < 4.78 is 5.97. The Bertz CT molecular complexity index is 433. The van der Waals surface area contributed by atoms with Crippen LogP contribution in [0.4, 0.5) is 0 Å². The van der Waals surface area contributed by atoms with Gasteiger partial charge >= 0.3 is 0 Å². The molecule has 1 fully saturated rings. The Kier molecular flexibility index (Phi) is 5.44. The van der Waals surface area contributed by atoms with Crippen LogP contribution in [0.3, 0.4) is 0 Å². The zero-order valence-corrected chi connectivity index (χ0v) is 13.1. The molecule has 1 aliphatic rings. The summed E-state index contributed by atoms with van der Waals surface area (Å²) in [7, 11) is 0. The van der Waals surface area contributed by atoms with Gasteiger partial charge in [0.25, 0.3) is 0 Å². The van der Waals surface area contributed by atoms with Crippen LogP contribution in [-0.2, 0) is 0 Å². The Morgan fingerprint density at radius 2 is 2.15 bits per heavy atom. The van der Waals surface area contributed by atoms with Crippen LogP contribution < -0.4 is 10.5 Å². The van der Waals surface area contributed by atoms with Crippen LogP contribution in [0.1, 0.15) is 30.9 Å². The number of benzene rings is 1. The molecule has 2 unspecified atom stereocenters. The quantitative estimate of drug-likeness (QED) is 0.898. The summed E-state index contributed by atoms with van der Waals surface area (Å²) in [5, 5.41) is 0. The molecule has 0 aliphatic carbocycles. The molecule has 1 aromatic carbocycles. The van der Waals surface area contributed by atoms with E-state index in [0.29, 0.717) is 12.0 Å². The smallest absolute Gasteiger partial charge is 0.122 e. The van der Waals surface area contributed by atoms with Crippen molar-refractivity contribution >= 4 is 0 Å². The summed E-state index contributed by atoms with van der Waals surface area (Å²) in [6, 6.07) is 6.88. The number of piperidine rings is 1. The highest BCUT2D eigenvalue weighted by Crippen LogP contribution is 2.23. The van der Waals surface area contributed by atoms with E-state index in [1.807, 2.05) is 0 Å². The molecule has 3 heteroatoms. The van der Waals surface area contributed by atoms with Crippen LogP contribution in [-0.4, -0.2) is 37.2 Å². The van der Waals surface area contributed by atoms with Gasteiger partial charge in [-0.05, 0) is 56.3 Å². The lowest BCUT2D eigenvalue weighted by molar-refractivity contribution is 0.0894. The van der Waals surface area contributed by atoms with E-state index in [9.17, 15) is 0 Å². The Morgan fingerprint density at radius 3 is 2.90 bits per heavy atom. The van der Waals surface area contributed by atoms with Crippen LogP contribution >= 0.6 is 0 Å². The Balaban J connectivity index is 1.87. The standard InChI is InChI=1S/C17H28N2O/c1-13-6-7-15(3)17(11-13)20-10-9-19-8-4-5-14(2)16(19)12-18/h6-7,11,14,16H,4-5,8-10,12,18H2,1-3H3.